The van der Waals surface area contributed by atoms with E-state index < -0.39 is 18.3 Å². The Labute approximate surface area is 187 Å². The molecule has 0 aromatic carbocycles. The molecule has 0 bridgehead atoms. The van der Waals surface area contributed by atoms with Gasteiger partial charge >= 0.3 is 0 Å². The van der Waals surface area contributed by atoms with E-state index in [4.69, 9.17) is 4.74 Å². The fourth-order valence-corrected chi connectivity index (χ4v) is 4.21. The molecule has 31 heavy (non-hydrogen) atoms. The highest BCUT2D eigenvalue weighted by molar-refractivity contribution is 7.99. The second-order valence-electron chi connectivity index (χ2n) is 6.41. The molecule has 160 valence electrons. The van der Waals surface area contributed by atoms with Gasteiger partial charge in [0.2, 0.25) is 0 Å². The number of aliphatic hydroxyl groups is 2. The summed E-state index contributed by atoms with van der Waals surface area (Å²) in [6.07, 6.45) is 5.55. The monoisotopic (exact) mass is 456 g/mol. The highest BCUT2D eigenvalue weighted by atomic mass is 32.2. The predicted octanol–water partition coefficient (Wildman–Crippen LogP) is 3.12. The molecule has 3 aromatic heterocycles. The van der Waals surface area contributed by atoms with Gasteiger partial charge in [-0.2, -0.15) is 0 Å². The van der Waals surface area contributed by atoms with Gasteiger partial charge in [0, 0.05) is 41.5 Å². The van der Waals surface area contributed by atoms with E-state index in [0.29, 0.717) is 17.3 Å². The van der Waals surface area contributed by atoms with E-state index >= 15 is 0 Å². The summed E-state index contributed by atoms with van der Waals surface area (Å²) in [4.78, 5) is 15.5. The number of aromatic nitrogens is 3. The zero-order chi connectivity index (χ0) is 21.6. The number of anilines is 1. The molecular weight excluding hydrogens is 436 g/mol. The molecule has 0 aliphatic carbocycles. The highest BCUT2D eigenvalue weighted by Crippen LogP contribution is 2.36. The first-order valence-electron chi connectivity index (χ1n) is 9.34. The minimum absolute atomic E-state index is 0.421. The molecule has 3 N–H and O–H groups in total. The fraction of sp³-hybridized carbons (Fsp3) is 0.200. The summed E-state index contributed by atoms with van der Waals surface area (Å²) < 4.78 is 10.3. The van der Waals surface area contributed by atoms with Crippen molar-refractivity contribution in [2.75, 3.05) is 11.9 Å². The van der Waals surface area contributed by atoms with Crippen LogP contribution in [0, 0.1) is 6.92 Å². The third kappa shape index (κ3) is 5.25. The van der Waals surface area contributed by atoms with Gasteiger partial charge in [-0.05, 0) is 31.2 Å². The average molecular weight is 457 g/mol. The van der Waals surface area contributed by atoms with Crippen LogP contribution in [-0.2, 0) is 0 Å². The Morgan fingerprint density at radius 3 is 2.84 bits per heavy atom. The van der Waals surface area contributed by atoms with Crippen molar-refractivity contribution >= 4 is 35.9 Å². The maximum Gasteiger partial charge on any atom is 0.173 e. The zero-order valence-electron chi connectivity index (χ0n) is 16.5. The summed E-state index contributed by atoms with van der Waals surface area (Å²) in [7, 11) is 0. The van der Waals surface area contributed by atoms with Crippen molar-refractivity contribution in [3.8, 4) is 11.5 Å². The van der Waals surface area contributed by atoms with Crippen molar-refractivity contribution in [2.45, 2.75) is 28.6 Å². The lowest BCUT2D eigenvalue weighted by Crippen LogP contribution is -2.43. The molecule has 11 heteroatoms. The normalized spacial score (nSPS) is 16.4. The molecule has 0 saturated carbocycles. The maximum atomic E-state index is 10.0. The van der Waals surface area contributed by atoms with Crippen molar-refractivity contribution in [2.24, 2.45) is 4.40 Å². The van der Waals surface area contributed by atoms with Crippen LogP contribution in [0.4, 0.5) is 5.82 Å². The van der Waals surface area contributed by atoms with E-state index in [2.05, 4.69) is 24.7 Å². The molecule has 9 nitrogen and oxygen atoms in total. The maximum absolute atomic E-state index is 10.0. The number of nitrogens with zero attached hydrogens (tertiary/aromatic N) is 5. The number of hydrogen-bond acceptors (Lipinski definition) is 11. The van der Waals surface area contributed by atoms with Crippen LogP contribution in [0.25, 0.3) is 0 Å². The van der Waals surface area contributed by atoms with Crippen LogP contribution in [0.15, 0.2) is 69.3 Å². The molecule has 2 atom stereocenters. The van der Waals surface area contributed by atoms with Crippen molar-refractivity contribution in [3.05, 3.63) is 60.7 Å². The zero-order valence-corrected chi connectivity index (χ0v) is 18.1. The van der Waals surface area contributed by atoms with Crippen LogP contribution in [0.2, 0.25) is 0 Å². The molecule has 0 amide bonds. The number of aliphatic hydroxyl groups excluding tert-OH is 2. The summed E-state index contributed by atoms with van der Waals surface area (Å²) in [6, 6.07) is 11.2. The molecular formula is C20H20N6O3S2. The van der Waals surface area contributed by atoms with Crippen molar-refractivity contribution in [3.63, 3.8) is 0 Å². The van der Waals surface area contributed by atoms with Crippen molar-refractivity contribution < 1.29 is 14.9 Å². The minimum Gasteiger partial charge on any atom is -0.452 e. The Balaban J connectivity index is 1.62. The predicted molar refractivity (Wildman–Crippen MR) is 120 cm³/mol. The molecule has 1 unspecified atom stereocenters. The summed E-state index contributed by atoms with van der Waals surface area (Å²) >= 11 is 2.67. The SMILES string of the molecule is Cc1ncccc1Oc1cc(Sc2ccccn2)cnc1NC1SN=CN1[C@H](O)CO. The van der Waals surface area contributed by atoms with Crippen LogP contribution < -0.4 is 10.1 Å². The summed E-state index contributed by atoms with van der Waals surface area (Å²) in [5.41, 5.74) is 0.286. The smallest absolute Gasteiger partial charge is 0.173 e. The van der Waals surface area contributed by atoms with Gasteiger partial charge in [0.1, 0.15) is 17.1 Å². The third-order valence-corrected chi connectivity index (χ3v) is 5.93. The summed E-state index contributed by atoms with van der Waals surface area (Å²) in [5, 5.41) is 23.4. The van der Waals surface area contributed by atoms with E-state index in [1.54, 1.807) is 24.7 Å². The molecule has 0 fully saturated rings. The lowest BCUT2D eigenvalue weighted by atomic mass is 10.3. The van der Waals surface area contributed by atoms with Crippen LogP contribution in [0.5, 0.6) is 11.5 Å². The molecule has 0 spiro atoms. The van der Waals surface area contributed by atoms with Gasteiger partial charge < -0.3 is 25.2 Å². The van der Waals surface area contributed by atoms with Gasteiger partial charge in [0.15, 0.2) is 23.3 Å². The summed E-state index contributed by atoms with van der Waals surface area (Å²) in [6.45, 7) is 1.44. The molecule has 4 heterocycles. The molecule has 1 aliphatic heterocycles. The average Bonchev–Trinajstić information content (AvgIpc) is 3.25. The molecule has 1 aliphatic rings. The summed E-state index contributed by atoms with van der Waals surface area (Å²) in [5.74, 6) is 1.56. The van der Waals surface area contributed by atoms with Gasteiger partial charge in [-0.15, -0.1) is 0 Å². The van der Waals surface area contributed by atoms with Gasteiger partial charge in [-0.25, -0.2) is 14.4 Å². The van der Waals surface area contributed by atoms with Gasteiger partial charge in [0.05, 0.1) is 12.3 Å². The lowest BCUT2D eigenvalue weighted by molar-refractivity contribution is 0.00650. The number of ether oxygens (including phenoxy) is 1. The Hall–Kier alpha value is -2.86. The number of nitrogens with one attached hydrogen (secondary N) is 1. The Bertz CT molecular complexity index is 1060. The molecule has 4 rings (SSSR count). The largest absolute Gasteiger partial charge is 0.452 e. The topological polar surface area (TPSA) is 116 Å². The minimum atomic E-state index is -1.08. The van der Waals surface area contributed by atoms with E-state index in [1.165, 1.54) is 34.9 Å². The Kier molecular flexibility index (Phi) is 6.87. The number of hydrogen-bond donors (Lipinski definition) is 3. The lowest BCUT2D eigenvalue weighted by Gasteiger charge is -2.28. The fourth-order valence-electron chi connectivity index (χ4n) is 2.69. The van der Waals surface area contributed by atoms with Crippen LogP contribution in [-0.4, -0.2) is 54.7 Å². The van der Waals surface area contributed by atoms with Gasteiger partial charge in [0.25, 0.3) is 0 Å². The first-order valence-corrected chi connectivity index (χ1v) is 11.0. The van der Waals surface area contributed by atoms with E-state index in [-0.39, 0.29) is 0 Å². The number of pyridine rings is 3. The quantitative estimate of drug-likeness (QED) is 0.437. The first-order chi connectivity index (χ1) is 15.1. The van der Waals surface area contributed by atoms with Crippen LogP contribution >= 0.6 is 23.7 Å². The highest BCUT2D eigenvalue weighted by Gasteiger charge is 2.28. The van der Waals surface area contributed by atoms with E-state index in [0.717, 1.165) is 15.6 Å². The van der Waals surface area contributed by atoms with Gasteiger partial charge in [-0.3, -0.25) is 4.98 Å². The first kappa shape index (κ1) is 21.4. The Morgan fingerprint density at radius 2 is 2.06 bits per heavy atom. The van der Waals surface area contributed by atoms with E-state index in [1.807, 2.05) is 37.3 Å². The standard InChI is InChI=1S/C20H20N6O3S2/c1-13-15(5-4-8-21-13)29-16-9-14(30-17-6-2-3-7-22-17)10-23-19(16)25-20-26(12-24-31-20)18(28)11-27/h2-10,12,18,20,27-28H,11H2,1H3,(H,23,25)/t18-,20?/m1/s1. The number of rotatable bonds is 8. The molecule has 0 saturated heterocycles. The third-order valence-electron chi connectivity index (χ3n) is 4.25. The number of aryl methyl sites for hydroxylation is 1. The van der Waals surface area contributed by atoms with E-state index in [9.17, 15) is 10.2 Å². The van der Waals surface area contributed by atoms with Crippen LogP contribution in [0.3, 0.4) is 0 Å². The Morgan fingerprint density at radius 1 is 1.19 bits per heavy atom. The van der Waals surface area contributed by atoms with Crippen molar-refractivity contribution in [1.29, 1.82) is 0 Å². The van der Waals surface area contributed by atoms with Crippen molar-refractivity contribution in [1.82, 2.24) is 19.9 Å². The van der Waals surface area contributed by atoms with Crippen LogP contribution in [0.1, 0.15) is 5.69 Å². The van der Waals surface area contributed by atoms with Gasteiger partial charge in [-0.1, -0.05) is 17.8 Å². The second kappa shape index (κ2) is 9.96. The molecule has 3 aromatic rings. The second-order valence-corrected chi connectivity index (χ2v) is 8.37. The molecule has 0 radical (unpaired) electrons.